The van der Waals surface area contributed by atoms with Gasteiger partial charge in [-0.3, -0.25) is 4.99 Å². The maximum atomic E-state index is 5.65. The Labute approximate surface area is 203 Å². The lowest BCUT2D eigenvalue weighted by molar-refractivity contribution is 0.105. The Kier molecular flexibility index (Phi) is 10.8. The quantitative estimate of drug-likeness (QED) is 0.193. The number of oxazole rings is 1. The maximum absolute atomic E-state index is 5.65. The minimum Gasteiger partial charge on any atom is -0.444 e. The molecular formula is C24H37IN4O2. The third-order valence-corrected chi connectivity index (χ3v) is 6.02. The van der Waals surface area contributed by atoms with E-state index in [1.165, 1.54) is 31.2 Å². The molecule has 1 saturated carbocycles. The maximum Gasteiger partial charge on any atom is 0.226 e. The van der Waals surface area contributed by atoms with Crippen LogP contribution in [-0.2, 0) is 11.2 Å². The van der Waals surface area contributed by atoms with Gasteiger partial charge in [0, 0.05) is 45.3 Å². The minimum absolute atomic E-state index is 0. The first kappa shape index (κ1) is 25.6. The highest BCUT2D eigenvalue weighted by Gasteiger charge is 2.33. The molecule has 1 fully saturated rings. The molecule has 0 amide bonds. The average molecular weight is 540 g/mol. The summed E-state index contributed by atoms with van der Waals surface area (Å²) in [4.78, 5) is 9.00. The van der Waals surface area contributed by atoms with E-state index in [2.05, 4.69) is 46.6 Å². The van der Waals surface area contributed by atoms with E-state index in [1.807, 2.05) is 19.2 Å². The summed E-state index contributed by atoms with van der Waals surface area (Å²) in [7, 11) is 1.82. The van der Waals surface area contributed by atoms with Crippen LogP contribution in [0.25, 0.3) is 11.5 Å². The van der Waals surface area contributed by atoms with Gasteiger partial charge in [0.15, 0.2) is 5.96 Å². The van der Waals surface area contributed by atoms with Gasteiger partial charge in [0.25, 0.3) is 0 Å². The van der Waals surface area contributed by atoms with Crippen molar-refractivity contribution >= 4 is 29.9 Å². The number of halogens is 1. The molecule has 1 aliphatic carbocycles. The van der Waals surface area contributed by atoms with Gasteiger partial charge in [-0.15, -0.1) is 24.0 Å². The van der Waals surface area contributed by atoms with Crippen LogP contribution in [0.4, 0.5) is 0 Å². The van der Waals surface area contributed by atoms with Crippen LogP contribution in [0, 0.1) is 12.3 Å². The second-order valence-electron chi connectivity index (χ2n) is 8.27. The number of guanidine groups is 1. The van der Waals surface area contributed by atoms with Crippen LogP contribution in [0.1, 0.15) is 50.3 Å². The number of hydrogen-bond acceptors (Lipinski definition) is 4. The third-order valence-electron chi connectivity index (χ3n) is 6.02. The van der Waals surface area contributed by atoms with Crippen molar-refractivity contribution in [2.45, 2.75) is 52.4 Å². The molecule has 2 N–H and O–H groups in total. The highest BCUT2D eigenvalue weighted by Crippen LogP contribution is 2.40. The van der Waals surface area contributed by atoms with E-state index in [0.717, 1.165) is 56.4 Å². The van der Waals surface area contributed by atoms with E-state index in [0.29, 0.717) is 11.3 Å². The van der Waals surface area contributed by atoms with E-state index >= 15 is 0 Å². The zero-order valence-electron chi connectivity index (χ0n) is 19.1. The van der Waals surface area contributed by atoms with Crippen LogP contribution in [-0.4, -0.2) is 44.3 Å². The fourth-order valence-corrected chi connectivity index (χ4v) is 4.12. The third kappa shape index (κ3) is 7.79. The predicted octanol–water partition coefficient (Wildman–Crippen LogP) is 4.96. The first-order valence-corrected chi connectivity index (χ1v) is 11.2. The van der Waals surface area contributed by atoms with Gasteiger partial charge in [-0.25, -0.2) is 4.98 Å². The Hall–Kier alpha value is -1.61. The molecule has 0 bridgehead atoms. The van der Waals surface area contributed by atoms with Gasteiger partial charge in [0.05, 0.1) is 5.69 Å². The molecule has 0 radical (unpaired) electrons. The Balaban J connectivity index is 0.00000341. The Bertz CT molecular complexity index is 798. The summed E-state index contributed by atoms with van der Waals surface area (Å²) in [5.41, 5.74) is 3.51. The number of rotatable bonds is 10. The lowest BCUT2D eigenvalue weighted by atomic mass is 9.83. The molecule has 1 aromatic heterocycles. The minimum atomic E-state index is 0. The molecule has 3 rings (SSSR count). The van der Waals surface area contributed by atoms with E-state index in [4.69, 9.17) is 9.15 Å². The summed E-state index contributed by atoms with van der Waals surface area (Å²) in [6, 6.07) is 8.22. The molecule has 0 aliphatic heterocycles. The molecule has 0 saturated heterocycles. The van der Waals surface area contributed by atoms with Gasteiger partial charge in [-0.1, -0.05) is 30.5 Å². The zero-order valence-corrected chi connectivity index (χ0v) is 21.4. The van der Waals surface area contributed by atoms with Crippen LogP contribution < -0.4 is 10.6 Å². The van der Waals surface area contributed by atoms with Crippen LogP contribution >= 0.6 is 24.0 Å². The molecule has 0 spiro atoms. The topological polar surface area (TPSA) is 71.7 Å². The van der Waals surface area contributed by atoms with Crippen LogP contribution in [0.15, 0.2) is 39.9 Å². The Morgan fingerprint density at radius 1 is 1.19 bits per heavy atom. The monoisotopic (exact) mass is 540 g/mol. The van der Waals surface area contributed by atoms with Crippen LogP contribution in [0.3, 0.4) is 0 Å². The van der Waals surface area contributed by atoms with Crippen LogP contribution in [0.2, 0.25) is 0 Å². The molecule has 0 unspecified atom stereocenters. The number of nitrogens with zero attached hydrogens (tertiary/aromatic N) is 2. The molecule has 1 heterocycles. The lowest BCUT2D eigenvalue weighted by Gasteiger charge is -2.30. The highest BCUT2D eigenvalue weighted by molar-refractivity contribution is 14.0. The molecule has 2 aromatic rings. The van der Waals surface area contributed by atoms with Crippen molar-refractivity contribution in [1.82, 2.24) is 15.6 Å². The Morgan fingerprint density at radius 2 is 1.94 bits per heavy atom. The van der Waals surface area contributed by atoms with Gasteiger partial charge in [-0.05, 0) is 50.7 Å². The normalized spacial score (nSPS) is 15.5. The van der Waals surface area contributed by atoms with Gasteiger partial charge in [-0.2, -0.15) is 0 Å². The van der Waals surface area contributed by atoms with Crippen molar-refractivity contribution in [2.24, 2.45) is 10.4 Å². The van der Waals surface area contributed by atoms with Crippen molar-refractivity contribution in [3.8, 4) is 11.5 Å². The predicted molar refractivity (Wildman–Crippen MR) is 137 cm³/mol. The standard InChI is InChI=1S/C24H36N4O2.HI/c1-4-29-16-14-24(12-5-6-13-24)18-27-23(25-3)26-15-11-21-17-30-22(28-21)20-9-7-19(2)8-10-20;/h7-10,17H,4-6,11-16,18H2,1-3H3,(H2,25,26,27);1H. The number of aromatic nitrogens is 1. The van der Waals surface area contributed by atoms with Crippen molar-refractivity contribution in [3.05, 3.63) is 41.8 Å². The number of benzene rings is 1. The van der Waals surface area contributed by atoms with Crippen molar-refractivity contribution in [3.63, 3.8) is 0 Å². The first-order chi connectivity index (χ1) is 14.6. The van der Waals surface area contributed by atoms with Crippen molar-refractivity contribution in [1.29, 1.82) is 0 Å². The number of aliphatic imine (C=N–C) groups is 1. The summed E-state index contributed by atoms with van der Waals surface area (Å²) in [6.45, 7) is 7.47. The smallest absolute Gasteiger partial charge is 0.226 e. The summed E-state index contributed by atoms with van der Waals surface area (Å²) in [5.74, 6) is 1.52. The second-order valence-corrected chi connectivity index (χ2v) is 8.27. The SMILES string of the molecule is CCOCCC1(CNC(=NC)NCCc2coc(-c3ccc(C)cc3)n2)CCCC1.I. The summed E-state index contributed by atoms with van der Waals surface area (Å²) in [6.07, 6.45) is 8.81. The highest BCUT2D eigenvalue weighted by atomic mass is 127. The largest absolute Gasteiger partial charge is 0.444 e. The summed E-state index contributed by atoms with van der Waals surface area (Å²) >= 11 is 0. The fourth-order valence-electron chi connectivity index (χ4n) is 4.12. The number of hydrogen-bond donors (Lipinski definition) is 2. The van der Waals surface area contributed by atoms with Crippen molar-refractivity contribution in [2.75, 3.05) is 33.4 Å². The number of nitrogens with one attached hydrogen (secondary N) is 2. The number of ether oxygens (including phenoxy) is 1. The van der Waals surface area contributed by atoms with Gasteiger partial charge >= 0.3 is 0 Å². The van der Waals surface area contributed by atoms with Gasteiger partial charge < -0.3 is 19.8 Å². The van der Waals surface area contributed by atoms with E-state index in [9.17, 15) is 0 Å². The van der Waals surface area contributed by atoms with E-state index < -0.39 is 0 Å². The molecule has 1 aliphatic rings. The molecule has 31 heavy (non-hydrogen) atoms. The summed E-state index contributed by atoms with van der Waals surface area (Å²) in [5, 5.41) is 6.95. The molecule has 6 nitrogen and oxygen atoms in total. The average Bonchev–Trinajstić information content (AvgIpc) is 3.42. The molecule has 172 valence electrons. The van der Waals surface area contributed by atoms with Gasteiger partial charge in [0.1, 0.15) is 6.26 Å². The molecule has 0 atom stereocenters. The van der Waals surface area contributed by atoms with E-state index in [1.54, 1.807) is 6.26 Å². The lowest BCUT2D eigenvalue weighted by Crippen LogP contribution is -2.44. The zero-order chi connectivity index (χ0) is 21.2. The Morgan fingerprint density at radius 3 is 2.61 bits per heavy atom. The molecular weight excluding hydrogens is 503 g/mol. The molecule has 1 aromatic carbocycles. The van der Waals surface area contributed by atoms with Crippen LogP contribution in [0.5, 0.6) is 0 Å². The van der Waals surface area contributed by atoms with Crippen molar-refractivity contribution < 1.29 is 9.15 Å². The molecule has 7 heteroatoms. The first-order valence-electron chi connectivity index (χ1n) is 11.2. The second kappa shape index (κ2) is 13.1. The fraction of sp³-hybridized carbons (Fsp3) is 0.583. The van der Waals surface area contributed by atoms with E-state index in [-0.39, 0.29) is 24.0 Å². The number of aryl methyl sites for hydroxylation is 1. The summed E-state index contributed by atoms with van der Waals surface area (Å²) < 4.78 is 11.3. The van der Waals surface area contributed by atoms with Gasteiger partial charge in [0.2, 0.25) is 5.89 Å².